The van der Waals surface area contributed by atoms with E-state index in [0.717, 1.165) is 33.8 Å². The largest absolute Gasteiger partial charge is 0.354 e. The number of carbonyl (C=O) groups excluding carboxylic acids is 2. The molecule has 10 heteroatoms. The fourth-order valence-electron chi connectivity index (χ4n) is 4.89. The molecule has 0 bridgehead atoms. The molecule has 0 aliphatic heterocycles. The van der Waals surface area contributed by atoms with Crippen LogP contribution in [0.2, 0.25) is 10.0 Å². The first-order valence-electron chi connectivity index (χ1n) is 14.8. The molecule has 0 saturated heterocycles. The maximum Gasteiger partial charge on any atom is 0.264 e. The number of nitrogens with one attached hydrogen (secondary N) is 1. The molecule has 0 aliphatic rings. The van der Waals surface area contributed by atoms with E-state index in [1.807, 2.05) is 74.5 Å². The summed E-state index contributed by atoms with van der Waals surface area (Å²) in [5.74, 6) is -0.868. The van der Waals surface area contributed by atoms with E-state index in [1.165, 1.54) is 35.2 Å². The Morgan fingerprint density at radius 3 is 1.98 bits per heavy atom. The molecule has 4 rings (SSSR count). The van der Waals surface area contributed by atoms with Gasteiger partial charge in [0.05, 0.1) is 10.6 Å². The van der Waals surface area contributed by atoms with E-state index in [4.69, 9.17) is 23.2 Å². The number of unbranched alkanes of at least 4 members (excludes halogenated alkanes) is 1. The molecule has 0 radical (unpaired) electrons. The van der Waals surface area contributed by atoms with E-state index < -0.39 is 28.5 Å². The Labute approximate surface area is 275 Å². The SMILES string of the molecule is CCCCNC(=O)[C@@H](Cc1ccccc1)N(Cc1ccccc1)C(=O)CN(c1cc(Cl)cc(Cl)c1)S(=O)(=O)c1ccc(C)cc1. The zero-order valence-electron chi connectivity index (χ0n) is 25.3. The zero-order valence-corrected chi connectivity index (χ0v) is 27.7. The van der Waals surface area contributed by atoms with Gasteiger partial charge in [-0.25, -0.2) is 8.42 Å². The van der Waals surface area contributed by atoms with Crippen LogP contribution in [0.5, 0.6) is 0 Å². The van der Waals surface area contributed by atoms with E-state index in [2.05, 4.69) is 5.32 Å². The van der Waals surface area contributed by atoms with Crippen molar-refractivity contribution in [3.8, 4) is 0 Å². The van der Waals surface area contributed by atoms with Gasteiger partial charge in [-0.3, -0.25) is 13.9 Å². The van der Waals surface area contributed by atoms with Gasteiger partial charge in [0.15, 0.2) is 0 Å². The molecule has 1 atom stereocenters. The number of hydrogen-bond donors (Lipinski definition) is 1. The van der Waals surface area contributed by atoms with E-state index in [9.17, 15) is 18.0 Å². The minimum Gasteiger partial charge on any atom is -0.354 e. The molecular formula is C35H37Cl2N3O4S. The Morgan fingerprint density at radius 2 is 1.40 bits per heavy atom. The average molecular weight is 667 g/mol. The fourth-order valence-corrected chi connectivity index (χ4v) is 6.80. The maximum absolute atomic E-state index is 14.5. The van der Waals surface area contributed by atoms with Crippen LogP contribution in [0.15, 0.2) is 108 Å². The molecule has 0 spiro atoms. The number of carbonyl (C=O) groups is 2. The lowest BCUT2D eigenvalue weighted by atomic mass is 10.0. The number of halogens is 2. The number of hydrogen-bond acceptors (Lipinski definition) is 4. The van der Waals surface area contributed by atoms with Gasteiger partial charge in [0.25, 0.3) is 10.0 Å². The lowest BCUT2D eigenvalue weighted by molar-refractivity contribution is -0.140. The van der Waals surface area contributed by atoms with E-state index in [1.54, 1.807) is 12.1 Å². The number of amides is 2. The molecule has 1 N–H and O–H groups in total. The summed E-state index contributed by atoms with van der Waals surface area (Å²) in [7, 11) is -4.26. The molecule has 0 saturated carbocycles. The Morgan fingerprint density at radius 1 is 0.822 bits per heavy atom. The predicted molar refractivity (Wildman–Crippen MR) is 181 cm³/mol. The first-order valence-corrected chi connectivity index (χ1v) is 17.0. The van der Waals surface area contributed by atoms with Gasteiger partial charge in [0.1, 0.15) is 12.6 Å². The van der Waals surface area contributed by atoms with Crippen LogP contribution in [-0.4, -0.2) is 44.3 Å². The molecule has 0 unspecified atom stereocenters. The first-order chi connectivity index (χ1) is 21.6. The molecule has 45 heavy (non-hydrogen) atoms. The van der Waals surface area contributed by atoms with Crippen LogP contribution >= 0.6 is 23.2 Å². The predicted octanol–water partition coefficient (Wildman–Crippen LogP) is 7.05. The molecule has 236 valence electrons. The standard InChI is InChI=1S/C35H37Cl2N3O4S/c1-3-4-19-38-35(42)33(20-27-11-7-5-8-12-27)39(24-28-13-9-6-10-14-28)34(41)25-40(31-22-29(36)21-30(37)23-31)45(43,44)32-17-15-26(2)16-18-32/h5-18,21-23,33H,3-4,19-20,24-25H2,1-2H3,(H,38,42)/t33-/m1/s1. The Bertz CT molecular complexity index is 1670. The molecule has 4 aromatic carbocycles. The topological polar surface area (TPSA) is 86.8 Å². The van der Waals surface area contributed by atoms with Crippen LogP contribution in [-0.2, 0) is 32.6 Å². The molecule has 7 nitrogen and oxygen atoms in total. The number of benzene rings is 4. The van der Waals surface area contributed by atoms with E-state index in [-0.39, 0.29) is 39.5 Å². The molecule has 0 heterocycles. The number of nitrogens with zero attached hydrogens (tertiary/aromatic N) is 2. The fraction of sp³-hybridized carbons (Fsp3) is 0.257. The van der Waals surface area contributed by atoms with Crippen molar-refractivity contribution in [3.05, 3.63) is 130 Å². The van der Waals surface area contributed by atoms with Crippen molar-refractivity contribution in [2.75, 3.05) is 17.4 Å². The highest BCUT2D eigenvalue weighted by Gasteiger charge is 2.34. The highest BCUT2D eigenvalue weighted by Crippen LogP contribution is 2.30. The molecule has 0 fully saturated rings. The van der Waals surface area contributed by atoms with E-state index in [0.29, 0.717) is 6.54 Å². The number of rotatable bonds is 14. The Kier molecular flexibility index (Phi) is 12.0. The highest BCUT2D eigenvalue weighted by atomic mass is 35.5. The number of aryl methyl sites for hydroxylation is 1. The summed E-state index contributed by atoms with van der Waals surface area (Å²) in [4.78, 5) is 29.7. The smallest absolute Gasteiger partial charge is 0.264 e. The molecule has 4 aromatic rings. The summed E-state index contributed by atoms with van der Waals surface area (Å²) in [5, 5.41) is 3.42. The summed E-state index contributed by atoms with van der Waals surface area (Å²) >= 11 is 12.6. The highest BCUT2D eigenvalue weighted by molar-refractivity contribution is 7.92. The Hall–Kier alpha value is -3.85. The van der Waals surface area contributed by atoms with Crippen LogP contribution in [0.25, 0.3) is 0 Å². The molecular weight excluding hydrogens is 629 g/mol. The van der Waals surface area contributed by atoms with Crippen LogP contribution in [0, 0.1) is 6.92 Å². The molecule has 0 aromatic heterocycles. The van der Waals surface area contributed by atoms with Crippen LogP contribution in [0.3, 0.4) is 0 Å². The summed E-state index contributed by atoms with van der Waals surface area (Å²) in [6, 6.07) is 28.6. The lowest BCUT2D eigenvalue weighted by Gasteiger charge is -2.34. The van der Waals surface area contributed by atoms with Crippen molar-refractivity contribution in [2.45, 2.75) is 50.6 Å². The number of anilines is 1. The third-order valence-corrected chi connectivity index (χ3v) is 9.54. The second kappa shape index (κ2) is 15.9. The Balaban J connectivity index is 1.80. The average Bonchev–Trinajstić information content (AvgIpc) is 3.02. The molecule has 0 aliphatic carbocycles. The summed E-state index contributed by atoms with van der Waals surface area (Å²) in [6.45, 7) is 3.85. The summed E-state index contributed by atoms with van der Waals surface area (Å²) in [6.07, 6.45) is 1.92. The van der Waals surface area contributed by atoms with Crippen molar-refractivity contribution in [3.63, 3.8) is 0 Å². The van der Waals surface area contributed by atoms with Crippen LogP contribution < -0.4 is 9.62 Å². The zero-order chi connectivity index (χ0) is 32.4. The van der Waals surface area contributed by atoms with Crippen molar-refractivity contribution in [1.82, 2.24) is 10.2 Å². The van der Waals surface area contributed by atoms with Crippen molar-refractivity contribution in [2.24, 2.45) is 0 Å². The first kappa shape index (κ1) is 34.0. The minimum atomic E-state index is -4.26. The third-order valence-electron chi connectivity index (χ3n) is 7.32. The van der Waals surface area contributed by atoms with Crippen molar-refractivity contribution in [1.29, 1.82) is 0 Å². The van der Waals surface area contributed by atoms with Gasteiger partial charge in [-0.2, -0.15) is 0 Å². The second-order valence-electron chi connectivity index (χ2n) is 10.8. The number of sulfonamides is 1. The summed E-state index contributed by atoms with van der Waals surface area (Å²) < 4.78 is 29.3. The molecule has 2 amide bonds. The van der Waals surface area contributed by atoms with Gasteiger partial charge in [-0.15, -0.1) is 0 Å². The second-order valence-corrected chi connectivity index (χ2v) is 13.5. The quantitative estimate of drug-likeness (QED) is 0.146. The van der Waals surface area contributed by atoms with Gasteiger partial charge in [0, 0.05) is 29.6 Å². The van der Waals surface area contributed by atoms with Crippen molar-refractivity contribution >= 4 is 50.7 Å². The normalized spacial score (nSPS) is 11.9. The van der Waals surface area contributed by atoms with Crippen LogP contribution in [0.1, 0.15) is 36.5 Å². The maximum atomic E-state index is 14.5. The van der Waals surface area contributed by atoms with Gasteiger partial charge < -0.3 is 10.2 Å². The van der Waals surface area contributed by atoms with Crippen LogP contribution in [0.4, 0.5) is 5.69 Å². The van der Waals surface area contributed by atoms with Gasteiger partial charge >= 0.3 is 0 Å². The van der Waals surface area contributed by atoms with Crippen molar-refractivity contribution < 1.29 is 18.0 Å². The monoisotopic (exact) mass is 665 g/mol. The minimum absolute atomic E-state index is 0.00440. The summed E-state index contributed by atoms with van der Waals surface area (Å²) in [5.41, 5.74) is 2.68. The van der Waals surface area contributed by atoms with Gasteiger partial charge in [-0.05, 0) is 54.8 Å². The third kappa shape index (κ3) is 9.33. The van der Waals surface area contributed by atoms with E-state index >= 15 is 0 Å². The van der Waals surface area contributed by atoms with Gasteiger partial charge in [-0.1, -0.05) is 115 Å². The van der Waals surface area contributed by atoms with Gasteiger partial charge in [0.2, 0.25) is 11.8 Å². The lowest BCUT2D eigenvalue weighted by Crippen LogP contribution is -2.53.